The number of halogens is 2. The van der Waals surface area contributed by atoms with Crippen LogP contribution in [0.4, 0.5) is 0 Å². The zero-order valence-electron chi connectivity index (χ0n) is 20.8. The summed E-state index contributed by atoms with van der Waals surface area (Å²) >= 11 is 12.8. The number of carboxylic acids is 1. The summed E-state index contributed by atoms with van der Waals surface area (Å²) in [7, 11) is -6.32. The van der Waals surface area contributed by atoms with Gasteiger partial charge in [-0.2, -0.15) is 0 Å². The summed E-state index contributed by atoms with van der Waals surface area (Å²) in [5.74, 6) is -0.467. The van der Waals surface area contributed by atoms with Crippen molar-refractivity contribution >= 4 is 62.9 Å². The standard InChI is InChI=1S/C27H26Cl2NO6PS/c1-17(16-37(2,34)20-9-5-4-6-10-20)19-14-22(28)25(23(29)15-19)26(31)30-24(27(32)33)13-18-8-7-11-21(12-18)38(3,35)36/h4-12,14-16,24H,13H2,1-3H3,(H,30,31)(H,32,33)/b17-16+/t24-,37?/m0/s1. The molecule has 0 radical (unpaired) electrons. The Bertz CT molecular complexity index is 1550. The van der Waals surface area contributed by atoms with Crippen molar-refractivity contribution in [2.45, 2.75) is 24.3 Å². The summed E-state index contributed by atoms with van der Waals surface area (Å²) in [6.45, 7) is 3.40. The minimum atomic E-state index is -3.49. The monoisotopic (exact) mass is 593 g/mol. The molecular formula is C27H26Cl2NO6PS. The van der Waals surface area contributed by atoms with Crippen LogP contribution in [0.15, 0.2) is 77.4 Å². The zero-order valence-corrected chi connectivity index (χ0v) is 24.0. The summed E-state index contributed by atoms with van der Waals surface area (Å²) < 4.78 is 36.9. The number of hydrogen-bond acceptors (Lipinski definition) is 5. The van der Waals surface area contributed by atoms with Gasteiger partial charge in [-0.3, -0.25) is 4.79 Å². The third kappa shape index (κ3) is 7.35. The van der Waals surface area contributed by atoms with Gasteiger partial charge >= 0.3 is 5.97 Å². The second kappa shape index (κ2) is 11.9. The summed E-state index contributed by atoms with van der Waals surface area (Å²) in [6, 6.07) is 16.5. The molecule has 3 aromatic carbocycles. The second-order valence-electron chi connectivity index (χ2n) is 8.94. The van der Waals surface area contributed by atoms with Gasteiger partial charge < -0.3 is 15.0 Å². The van der Waals surface area contributed by atoms with Gasteiger partial charge in [-0.05, 0) is 60.4 Å². The minimum Gasteiger partial charge on any atom is -0.480 e. The minimum absolute atomic E-state index is 0.00777. The van der Waals surface area contributed by atoms with E-state index in [0.717, 1.165) is 6.26 Å². The smallest absolute Gasteiger partial charge is 0.326 e. The molecule has 2 N–H and O–H groups in total. The van der Waals surface area contributed by atoms with Crippen molar-refractivity contribution in [2.24, 2.45) is 0 Å². The van der Waals surface area contributed by atoms with Gasteiger partial charge in [0.05, 0.1) is 20.5 Å². The molecule has 0 aromatic heterocycles. The number of nitrogens with one attached hydrogen (secondary N) is 1. The highest BCUT2D eigenvalue weighted by Gasteiger charge is 2.25. The van der Waals surface area contributed by atoms with Gasteiger partial charge in [0.1, 0.15) is 13.2 Å². The Morgan fingerprint density at radius 1 is 1.03 bits per heavy atom. The van der Waals surface area contributed by atoms with Crippen molar-refractivity contribution in [1.82, 2.24) is 5.32 Å². The molecule has 1 unspecified atom stereocenters. The number of carboxylic acid groups (broad SMARTS) is 1. The van der Waals surface area contributed by atoms with Crippen LogP contribution >= 0.6 is 30.3 Å². The van der Waals surface area contributed by atoms with Crippen molar-refractivity contribution in [1.29, 1.82) is 0 Å². The first-order valence-electron chi connectivity index (χ1n) is 11.3. The van der Waals surface area contributed by atoms with Gasteiger partial charge in [-0.15, -0.1) is 0 Å². The fraction of sp³-hybridized carbons (Fsp3) is 0.185. The predicted molar refractivity (Wildman–Crippen MR) is 152 cm³/mol. The molecule has 0 fully saturated rings. The van der Waals surface area contributed by atoms with Crippen molar-refractivity contribution in [3.8, 4) is 0 Å². The molecule has 0 aliphatic rings. The second-order valence-corrected chi connectivity index (χ2v) is 14.5. The van der Waals surface area contributed by atoms with Crippen LogP contribution in [0.2, 0.25) is 10.0 Å². The number of carbonyl (C=O) groups is 2. The van der Waals surface area contributed by atoms with Crippen LogP contribution in [0.3, 0.4) is 0 Å². The third-order valence-electron chi connectivity index (χ3n) is 5.80. The Morgan fingerprint density at radius 2 is 1.63 bits per heavy atom. The number of rotatable bonds is 9. The lowest BCUT2D eigenvalue weighted by Gasteiger charge is -2.17. The maximum atomic E-state index is 13.3. The number of sulfone groups is 1. The van der Waals surface area contributed by atoms with E-state index in [4.69, 9.17) is 23.2 Å². The molecule has 2 atom stereocenters. The number of allylic oxidation sites excluding steroid dienone is 1. The summed E-state index contributed by atoms with van der Waals surface area (Å²) in [6.07, 6.45) is 0.888. The van der Waals surface area contributed by atoms with Gasteiger partial charge in [-0.1, -0.05) is 65.7 Å². The molecule has 3 rings (SSSR count). The van der Waals surface area contributed by atoms with Crippen molar-refractivity contribution in [3.05, 3.63) is 99.3 Å². The Labute approximate surface area is 231 Å². The highest BCUT2D eigenvalue weighted by Crippen LogP contribution is 2.44. The molecular weight excluding hydrogens is 568 g/mol. The van der Waals surface area contributed by atoms with E-state index in [1.54, 1.807) is 37.6 Å². The van der Waals surface area contributed by atoms with E-state index in [-0.39, 0.29) is 26.9 Å². The Hall–Kier alpha value is -2.90. The third-order valence-corrected chi connectivity index (χ3v) is 9.71. The summed E-state index contributed by atoms with van der Waals surface area (Å²) in [5.41, 5.74) is 1.51. The Morgan fingerprint density at radius 3 is 2.18 bits per heavy atom. The molecule has 7 nitrogen and oxygen atoms in total. The molecule has 0 bridgehead atoms. The van der Waals surface area contributed by atoms with Crippen LogP contribution in [0.1, 0.15) is 28.4 Å². The molecule has 0 heterocycles. The number of carbonyl (C=O) groups excluding carboxylic acids is 1. The van der Waals surface area contributed by atoms with Crippen molar-refractivity contribution in [3.63, 3.8) is 0 Å². The van der Waals surface area contributed by atoms with E-state index in [0.29, 0.717) is 22.0 Å². The first-order chi connectivity index (χ1) is 17.7. The lowest BCUT2D eigenvalue weighted by atomic mass is 10.0. The van der Waals surface area contributed by atoms with Crippen molar-refractivity contribution < 1.29 is 27.7 Å². The lowest BCUT2D eigenvalue weighted by Crippen LogP contribution is -2.42. The fourth-order valence-electron chi connectivity index (χ4n) is 3.83. The molecule has 11 heteroatoms. The van der Waals surface area contributed by atoms with E-state index in [1.807, 2.05) is 18.2 Å². The molecule has 0 spiro atoms. The van der Waals surface area contributed by atoms with Crippen LogP contribution < -0.4 is 10.6 Å². The largest absolute Gasteiger partial charge is 0.480 e. The first-order valence-corrected chi connectivity index (χ1v) is 16.2. The molecule has 0 aliphatic heterocycles. The van der Waals surface area contributed by atoms with Crippen LogP contribution in [0.25, 0.3) is 5.57 Å². The first kappa shape index (κ1) is 29.7. The van der Waals surface area contributed by atoms with E-state index in [2.05, 4.69) is 5.32 Å². The number of amides is 1. The average Bonchev–Trinajstić information content (AvgIpc) is 2.83. The van der Waals surface area contributed by atoms with E-state index in [9.17, 15) is 27.7 Å². The molecule has 0 saturated carbocycles. The number of hydrogen-bond donors (Lipinski definition) is 2. The average molecular weight is 594 g/mol. The van der Waals surface area contributed by atoms with Gasteiger partial charge in [-0.25, -0.2) is 13.2 Å². The van der Waals surface area contributed by atoms with E-state index in [1.165, 1.54) is 30.3 Å². The van der Waals surface area contributed by atoms with Crippen LogP contribution in [-0.4, -0.2) is 44.4 Å². The lowest BCUT2D eigenvalue weighted by molar-refractivity contribution is -0.139. The Balaban J connectivity index is 1.86. The number of benzene rings is 3. The van der Waals surface area contributed by atoms with Gasteiger partial charge in [0, 0.05) is 18.0 Å². The molecule has 3 aromatic rings. The SMILES string of the molecule is C/C(=C\P(C)(=O)c1ccccc1)c1cc(Cl)c(C(=O)N[C@@H](Cc2cccc(S(C)(=O)=O)c2)C(=O)O)c(Cl)c1. The van der Waals surface area contributed by atoms with Crippen LogP contribution in [0, 0.1) is 0 Å². The summed E-state index contributed by atoms with van der Waals surface area (Å²) in [5, 5.41) is 12.8. The van der Waals surface area contributed by atoms with E-state index >= 15 is 0 Å². The maximum absolute atomic E-state index is 13.3. The predicted octanol–water partition coefficient (Wildman–Crippen LogP) is 5.50. The van der Waals surface area contributed by atoms with E-state index < -0.39 is 34.9 Å². The molecule has 1 amide bonds. The summed E-state index contributed by atoms with van der Waals surface area (Å²) in [4.78, 5) is 24.9. The zero-order chi connectivity index (χ0) is 28.3. The topological polar surface area (TPSA) is 118 Å². The van der Waals surface area contributed by atoms with Crippen molar-refractivity contribution in [2.75, 3.05) is 12.9 Å². The van der Waals surface area contributed by atoms with Gasteiger partial charge in [0.2, 0.25) is 0 Å². The highest BCUT2D eigenvalue weighted by atomic mass is 35.5. The Kier molecular flexibility index (Phi) is 9.26. The molecule has 38 heavy (non-hydrogen) atoms. The highest BCUT2D eigenvalue weighted by molar-refractivity contribution is 7.90. The maximum Gasteiger partial charge on any atom is 0.326 e. The van der Waals surface area contributed by atoms with Crippen LogP contribution in [-0.2, 0) is 25.6 Å². The molecule has 200 valence electrons. The number of aliphatic carboxylic acids is 1. The normalized spacial score (nSPS) is 14.4. The van der Waals surface area contributed by atoms with Crippen LogP contribution in [0.5, 0.6) is 0 Å². The van der Waals surface area contributed by atoms with Gasteiger partial charge in [0.25, 0.3) is 5.91 Å². The fourth-order valence-corrected chi connectivity index (χ4v) is 6.98. The quantitative estimate of drug-likeness (QED) is 0.316. The molecule has 0 saturated heterocycles. The molecule has 0 aliphatic carbocycles. The van der Waals surface area contributed by atoms with Gasteiger partial charge in [0.15, 0.2) is 9.84 Å².